The van der Waals surface area contributed by atoms with Gasteiger partial charge in [-0.05, 0) is 37.8 Å². The molecule has 0 heterocycles. The number of allylic oxidation sites excluding steroid dienone is 1. The molecule has 104 valence electrons. The molecule has 3 heteroatoms. The standard InChI is InChI=1S/C16H22O3/c1-9(2)7-14-11(5)15(19-12(6)17)8-13(10(3)4)16(14)18/h8,10,18H,1,7H2,2-6H3. The molecule has 19 heavy (non-hydrogen) atoms. The molecule has 0 saturated heterocycles. The number of hydrogen-bond acceptors (Lipinski definition) is 3. The van der Waals surface area contributed by atoms with Crippen molar-refractivity contribution in [3.8, 4) is 11.5 Å². The molecular weight excluding hydrogens is 240 g/mol. The highest BCUT2D eigenvalue weighted by Gasteiger charge is 2.18. The number of benzene rings is 1. The van der Waals surface area contributed by atoms with Crippen LogP contribution in [0, 0.1) is 6.92 Å². The zero-order chi connectivity index (χ0) is 14.7. The Hall–Kier alpha value is -1.77. The summed E-state index contributed by atoms with van der Waals surface area (Å²) in [5, 5.41) is 10.4. The number of esters is 1. The van der Waals surface area contributed by atoms with Crippen LogP contribution in [-0.2, 0) is 11.2 Å². The minimum absolute atomic E-state index is 0.152. The second-order valence-corrected chi connectivity index (χ2v) is 5.30. The third kappa shape index (κ3) is 3.60. The summed E-state index contributed by atoms with van der Waals surface area (Å²) in [6.45, 7) is 13.0. The Morgan fingerprint density at radius 3 is 2.42 bits per heavy atom. The second kappa shape index (κ2) is 5.91. The van der Waals surface area contributed by atoms with E-state index in [1.54, 1.807) is 6.07 Å². The molecule has 0 atom stereocenters. The van der Waals surface area contributed by atoms with Crippen molar-refractivity contribution in [1.29, 1.82) is 0 Å². The van der Waals surface area contributed by atoms with E-state index in [2.05, 4.69) is 6.58 Å². The summed E-state index contributed by atoms with van der Waals surface area (Å²) in [5.41, 5.74) is 3.32. The largest absolute Gasteiger partial charge is 0.507 e. The second-order valence-electron chi connectivity index (χ2n) is 5.30. The van der Waals surface area contributed by atoms with E-state index in [-0.39, 0.29) is 17.6 Å². The Bertz CT molecular complexity index is 513. The SMILES string of the molecule is C=C(C)Cc1c(C)c(OC(C)=O)cc(C(C)C)c1O. The molecule has 1 N–H and O–H groups in total. The van der Waals surface area contributed by atoms with Crippen molar-refractivity contribution >= 4 is 5.97 Å². The van der Waals surface area contributed by atoms with Crippen LogP contribution in [0.15, 0.2) is 18.2 Å². The van der Waals surface area contributed by atoms with Gasteiger partial charge < -0.3 is 9.84 Å². The molecule has 0 saturated carbocycles. The third-order valence-electron chi connectivity index (χ3n) is 3.02. The average Bonchev–Trinajstić information content (AvgIpc) is 2.26. The maximum absolute atomic E-state index is 11.2. The van der Waals surface area contributed by atoms with Crippen LogP contribution < -0.4 is 4.74 Å². The Kier molecular flexibility index (Phi) is 4.76. The van der Waals surface area contributed by atoms with E-state index in [0.29, 0.717) is 12.2 Å². The molecule has 1 rings (SSSR count). The first-order valence-corrected chi connectivity index (χ1v) is 6.42. The summed E-state index contributed by atoms with van der Waals surface area (Å²) < 4.78 is 5.23. The summed E-state index contributed by atoms with van der Waals surface area (Å²) in [6.07, 6.45) is 0.576. The number of carbonyl (C=O) groups is 1. The van der Waals surface area contributed by atoms with Crippen LogP contribution >= 0.6 is 0 Å². The van der Waals surface area contributed by atoms with Gasteiger partial charge >= 0.3 is 5.97 Å². The van der Waals surface area contributed by atoms with E-state index in [4.69, 9.17) is 4.74 Å². The number of aromatic hydroxyl groups is 1. The summed E-state index contributed by atoms with van der Waals surface area (Å²) in [5.74, 6) is 0.597. The smallest absolute Gasteiger partial charge is 0.308 e. The summed E-state index contributed by atoms with van der Waals surface area (Å²) in [7, 11) is 0. The summed E-state index contributed by atoms with van der Waals surface area (Å²) in [4.78, 5) is 11.2. The van der Waals surface area contributed by atoms with Gasteiger partial charge in [0.25, 0.3) is 0 Å². The highest BCUT2D eigenvalue weighted by Crippen LogP contribution is 2.38. The predicted octanol–water partition coefficient (Wildman–Crippen LogP) is 3.87. The molecule has 1 aromatic carbocycles. The number of hydrogen-bond donors (Lipinski definition) is 1. The van der Waals surface area contributed by atoms with Crippen LogP contribution in [0.25, 0.3) is 0 Å². The van der Waals surface area contributed by atoms with Crippen molar-refractivity contribution in [3.05, 3.63) is 34.9 Å². The maximum Gasteiger partial charge on any atom is 0.308 e. The lowest BCUT2D eigenvalue weighted by molar-refractivity contribution is -0.131. The van der Waals surface area contributed by atoms with E-state index < -0.39 is 0 Å². The van der Waals surface area contributed by atoms with Crippen LogP contribution in [0.3, 0.4) is 0 Å². The van der Waals surface area contributed by atoms with Gasteiger partial charge in [-0.1, -0.05) is 26.0 Å². The summed E-state index contributed by atoms with van der Waals surface area (Å²) in [6, 6.07) is 1.75. The fraction of sp³-hybridized carbons (Fsp3) is 0.438. The molecule has 3 nitrogen and oxygen atoms in total. The van der Waals surface area contributed by atoms with Crippen LogP contribution in [0.4, 0.5) is 0 Å². The lowest BCUT2D eigenvalue weighted by Gasteiger charge is -2.18. The highest BCUT2D eigenvalue weighted by molar-refractivity contribution is 5.71. The fourth-order valence-corrected chi connectivity index (χ4v) is 2.04. The van der Waals surface area contributed by atoms with Gasteiger partial charge in [0.1, 0.15) is 11.5 Å². The first-order valence-electron chi connectivity index (χ1n) is 6.42. The topological polar surface area (TPSA) is 46.5 Å². The zero-order valence-electron chi connectivity index (χ0n) is 12.3. The lowest BCUT2D eigenvalue weighted by Crippen LogP contribution is -2.06. The molecule has 0 aliphatic rings. The fourth-order valence-electron chi connectivity index (χ4n) is 2.04. The molecule has 0 aliphatic heterocycles. The van der Waals surface area contributed by atoms with Crippen molar-refractivity contribution in [3.63, 3.8) is 0 Å². The highest BCUT2D eigenvalue weighted by atomic mass is 16.5. The molecular formula is C16H22O3. The monoisotopic (exact) mass is 262 g/mol. The predicted molar refractivity (Wildman–Crippen MR) is 76.8 cm³/mol. The Labute approximate surface area is 114 Å². The molecule has 0 spiro atoms. The van der Waals surface area contributed by atoms with Gasteiger partial charge in [0.15, 0.2) is 0 Å². The van der Waals surface area contributed by atoms with Crippen LogP contribution in [0.2, 0.25) is 0 Å². The molecule has 0 aliphatic carbocycles. The molecule has 0 aromatic heterocycles. The van der Waals surface area contributed by atoms with E-state index in [0.717, 1.165) is 22.3 Å². The van der Waals surface area contributed by atoms with Gasteiger partial charge in [-0.3, -0.25) is 4.79 Å². The number of rotatable bonds is 4. The van der Waals surface area contributed by atoms with Gasteiger partial charge in [0.2, 0.25) is 0 Å². The number of carbonyl (C=O) groups excluding carboxylic acids is 1. The van der Waals surface area contributed by atoms with Gasteiger partial charge in [-0.15, -0.1) is 0 Å². The summed E-state index contributed by atoms with van der Waals surface area (Å²) >= 11 is 0. The number of phenols is 1. The average molecular weight is 262 g/mol. The molecule has 0 amide bonds. The Morgan fingerprint density at radius 2 is 2.00 bits per heavy atom. The minimum atomic E-state index is -0.357. The quantitative estimate of drug-likeness (QED) is 0.509. The number of phenolic OH excluding ortho intramolecular Hbond substituents is 1. The Morgan fingerprint density at radius 1 is 1.42 bits per heavy atom. The third-order valence-corrected chi connectivity index (χ3v) is 3.02. The molecule has 0 radical (unpaired) electrons. The first kappa shape index (κ1) is 15.3. The van der Waals surface area contributed by atoms with E-state index in [1.165, 1.54) is 6.92 Å². The van der Waals surface area contributed by atoms with E-state index in [1.807, 2.05) is 27.7 Å². The first-order chi connectivity index (χ1) is 8.73. The minimum Gasteiger partial charge on any atom is -0.507 e. The van der Waals surface area contributed by atoms with Gasteiger partial charge in [0.05, 0.1) is 0 Å². The van der Waals surface area contributed by atoms with E-state index >= 15 is 0 Å². The molecule has 0 bridgehead atoms. The van der Waals surface area contributed by atoms with Crippen LogP contribution in [0.5, 0.6) is 11.5 Å². The van der Waals surface area contributed by atoms with Gasteiger partial charge in [-0.2, -0.15) is 0 Å². The lowest BCUT2D eigenvalue weighted by atomic mass is 9.92. The molecule has 0 unspecified atom stereocenters. The zero-order valence-corrected chi connectivity index (χ0v) is 12.3. The maximum atomic E-state index is 11.2. The van der Waals surface area contributed by atoms with Gasteiger partial charge in [0, 0.05) is 18.1 Å². The van der Waals surface area contributed by atoms with Crippen molar-refractivity contribution < 1.29 is 14.6 Å². The van der Waals surface area contributed by atoms with Gasteiger partial charge in [-0.25, -0.2) is 0 Å². The Balaban J connectivity index is 3.45. The number of ether oxygens (including phenoxy) is 1. The van der Waals surface area contributed by atoms with Crippen molar-refractivity contribution in [2.75, 3.05) is 0 Å². The molecule has 1 aromatic rings. The van der Waals surface area contributed by atoms with Crippen LogP contribution in [0.1, 0.15) is 50.3 Å². The normalized spacial score (nSPS) is 10.6. The van der Waals surface area contributed by atoms with E-state index in [9.17, 15) is 9.90 Å². The van der Waals surface area contributed by atoms with Crippen molar-refractivity contribution in [1.82, 2.24) is 0 Å². The van der Waals surface area contributed by atoms with Crippen molar-refractivity contribution in [2.24, 2.45) is 0 Å². The molecule has 0 fully saturated rings. The van der Waals surface area contributed by atoms with Crippen molar-refractivity contribution in [2.45, 2.75) is 47.0 Å². The van der Waals surface area contributed by atoms with Crippen LogP contribution in [-0.4, -0.2) is 11.1 Å².